The molecule has 0 fully saturated rings. The number of amides is 2. The summed E-state index contributed by atoms with van der Waals surface area (Å²) in [5.41, 5.74) is 11.8. The molecule has 0 saturated carbocycles. The Morgan fingerprint density at radius 1 is 0.341 bits per heavy atom. The number of rotatable bonds is 13. The van der Waals surface area contributed by atoms with Crippen LogP contribution in [0.15, 0.2) is 255 Å². The second-order valence-electron chi connectivity index (χ2n) is 20.3. The van der Waals surface area contributed by atoms with Crippen LogP contribution in [0.1, 0.15) is 20.7 Å². The summed E-state index contributed by atoms with van der Waals surface area (Å²) in [6.07, 6.45) is 0. The SMILES string of the molecule is O=C(O)CN1C(=O)c2ccc3c4cccc5c(-c6cc(-c7ccc(-c8ccc(N(c9ccccc9)c9ccccc9)cc8)s7)c(-c7ccc(-c8ccc(N(c9ccccc9)c9ccccc9)cc8)s7)s6)ccc(c6ccc(c2c36)C1=O)c54. The second-order valence-corrected chi connectivity index (χ2v) is 23.6. The molecule has 14 aromatic rings. The number of hydrogen-bond donors (Lipinski definition) is 1. The predicted octanol–water partition coefficient (Wildman–Crippen LogP) is 19.9. The van der Waals surface area contributed by atoms with E-state index in [1.54, 1.807) is 34.8 Å². The van der Waals surface area contributed by atoms with Crippen molar-refractivity contribution < 1.29 is 19.5 Å². The Morgan fingerprint density at radius 2 is 0.744 bits per heavy atom. The largest absolute Gasteiger partial charge is 0.480 e. The normalized spacial score (nSPS) is 12.3. The number of imide groups is 1. The molecule has 0 bridgehead atoms. The number of hydrogen-bond acceptors (Lipinski definition) is 8. The van der Waals surface area contributed by atoms with Crippen molar-refractivity contribution in [3.63, 3.8) is 0 Å². The van der Waals surface area contributed by atoms with Gasteiger partial charge in [0, 0.05) is 80.6 Å². The molecule has 0 aliphatic carbocycles. The van der Waals surface area contributed by atoms with Crippen LogP contribution in [0.5, 0.6) is 0 Å². The number of carbonyl (C=O) groups is 3. The Balaban J connectivity index is 0.838. The number of carboxylic acid groups (broad SMARTS) is 1. The molecule has 4 heterocycles. The fraction of sp³-hybridized carbons (Fsp3) is 0.0139. The molecule has 82 heavy (non-hydrogen) atoms. The highest BCUT2D eigenvalue weighted by molar-refractivity contribution is 7.26. The van der Waals surface area contributed by atoms with Crippen molar-refractivity contribution in [1.82, 2.24) is 4.90 Å². The minimum atomic E-state index is -1.24. The monoisotopic (exact) mass is 1110 g/mol. The van der Waals surface area contributed by atoms with Crippen LogP contribution in [0.3, 0.4) is 0 Å². The van der Waals surface area contributed by atoms with Gasteiger partial charge in [0.1, 0.15) is 6.54 Å². The molecule has 390 valence electrons. The van der Waals surface area contributed by atoms with Gasteiger partial charge >= 0.3 is 5.97 Å². The van der Waals surface area contributed by atoms with Crippen LogP contribution in [0.4, 0.5) is 34.1 Å². The summed E-state index contributed by atoms with van der Waals surface area (Å²) < 4.78 is 0. The fourth-order valence-electron chi connectivity index (χ4n) is 11.9. The van der Waals surface area contributed by atoms with Gasteiger partial charge in [-0.15, -0.1) is 34.0 Å². The number of anilines is 6. The highest BCUT2D eigenvalue weighted by Gasteiger charge is 2.35. The molecule has 0 saturated heterocycles. The van der Waals surface area contributed by atoms with Gasteiger partial charge in [0.15, 0.2) is 0 Å². The van der Waals surface area contributed by atoms with Crippen LogP contribution >= 0.6 is 34.0 Å². The van der Waals surface area contributed by atoms with Crippen LogP contribution in [0.2, 0.25) is 0 Å². The lowest BCUT2D eigenvalue weighted by Gasteiger charge is -2.27. The van der Waals surface area contributed by atoms with Gasteiger partial charge in [0.2, 0.25) is 0 Å². The summed E-state index contributed by atoms with van der Waals surface area (Å²) in [7, 11) is 0. The lowest BCUT2D eigenvalue weighted by molar-refractivity contribution is -0.137. The Labute approximate surface area is 484 Å². The highest BCUT2D eigenvalue weighted by Crippen LogP contribution is 2.52. The molecule has 1 N–H and O–H groups in total. The zero-order valence-electron chi connectivity index (χ0n) is 43.7. The molecule has 0 radical (unpaired) electrons. The maximum Gasteiger partial charge on any atom is 0.323 e. The third kappa shape index (κ3) is 8.26. The molecule has 0 atom stereocenters. The summed E-state index contributed by atoms with van der Waals surface area (Å²) >= 11 is 5.42. The van der Waals surface area contributed by atoms with Gasteiger partial charge in [0.25, 0.3) is 11.8 Å². The number of thiophene rings is 3. The average Bonchev–Trinajstić information content (AvgIpc) is 4.20. The number of benzene rings is 11. The molecule has 11 aromatic carbocycles. The van der Waals surface area contributed by atoms with Gasteiger partial charge in [-0.05, 0) is 170 Å². The first kappa shape index (κ1) is 49.1. The van der Waals surface area contributed by atoms with Gasteiger partial charge in [-0.1, -0.05) is 140 Å². The topological polar surface area (TPSA) is 81.2 Å². The maximum atomic E-state index is 13.8. The van der Waals surface area contributed by atoms with Gasteiger partial charge in [0.05, 0.1) is 4.88 Å². The zero-order chi connectivity index (χ0) is 55.0. The first-order valence-corrected chi connectivity index (χ1v) is 29.4. The van der Waals surface area contributed by atoms with Crippen molar-refractivity contribution >= 4 is 129 Å². The van der Waals surface area contributed by atoms with Gasteiger partial charge in [-0.25, -0.2) is 0 Å². The minimum Gasteiger partial charge on any atom is -0.480 e. The van der Waals surface area contributed by atoms with E-state index in [0.29, 0.717) is 16.5 Å². The summed E-state index contributed by atoms with van der Waals surface area (Å²) in [4.78, 5) is 51.8. The van der Waals surface area contributed by atoms with E-state index in [9.17, 15) is 19.5 Å². The lowest BCUT2D eigenvalue weighted by atomic mass is 9.84. The standard InChI is InChI=1S/C72H45N3O4S3/c76-66(77)43-73-71(78)58-36-34-56-54-23-13-22-53-52(32-33-55(67(53)54)57-35-37-59(72(73)79)69(58)68(56)57)65-42-60(63-40-38-61(80-63)44-24-28-50(29-25-44)74(46-14-5-1-6-15-46)47-16-7-2-8-17-47)70(82-65)64-41-39-62(81-64)45-26-30-51(31-27-45)75(48-18-9-3-10-19-48)49-20-11-4-12-21-49/h1-42H,43H2,(H,76,77). The summed E-state index contributed by atoms with van der Waals surface area (Å²) in [6.45, 7) is -0.698. The van der Waals surface area contributed by atoms with Gasteiger partial charge in [-0.2, -0.15) is 0 Å². The van der Waals surface area contributed by atoms with Gasteiger partial charge < -0.3 is 14.9 Å². The van der Waals surface area contributed by atoms with Crippen molar-refractivity contribution in [2.75, 3.05) is 16.3 Å². The van der Waals surface area contributed by atoms with Gasteiger partial charge in [-0.3, -0.25) is 19.3 Å². The van der Waals surface area contributed by atoms with E-state index in [-0.39, 0.29) is 0 Å². The van der Waals surface area contributed by atoms with Crippen molar-refractivity contribution in [3.05, 3.63) is 266 Å². The quantitative estimate of drug-likeness (QED) is 0.0704. The van der Waals surface area contributed by atoms with Crippen LogP contribution in [0, 0.1) is 0 Å². The van der Waals surface area contributed by atoms with Crippen molar-refractivity contribution in [2.24, 2.45) is 0 Å². The number of nitrogens with zero attached hydrogens (tertiary/aromatic N) is 3. The number of carboxylic acids is 1. The molecule has 10 heteroatoms. The van der Waals surface area contributed by atoms with Crippen LogP contribution in [-0.2, 0) is 4.79 Å². The highest BCUT2D eigenvalue weighted by atomic mass is 32.1. The molecule has 2 amide bonds. The number of para-hydroxylation sites is 4. The smallest absolute Gasteiger partial charge is 0.323 e. The van der Waals surface area contributed by atoms with Crippen molar-refractivity contribution in [2.45, 2.75) is 0 Å². The first-order valence-electron chi connectivity index (χ1n) is 26.9. The van der Waals surface area contributed by atoms with Crippen LogP contribution < -0.4 is 9.80 Å². The predicted molar refractivity (Wildman–Crippen MR) is 341 cm³/mol. The van der Waals surface area contributed by atoms with E-state index in [1.165, 1.54) is 29.9 Å². The third-order valence-electron chi connectivity index (χ3n) is 15.6. The molecule has 0 spiro atoms. The zero-order valence-corrected chi connectivity index (χ0v) is 46.1. The average molecular weight is 1110 g/mol. The minimum absolute atomic E-state index is 0.334. The summed E-state index contributed by atoms with van der Waals surface area (Å²) in [6, 6.07) is 89.3. The Hall–Kier alpha value is -9.97. The molecular weight excluding hydrogens is 1070 g/mol. The summed E-state index contributed by atoms with van der Waals surface area (Å²) in [5.74, 6) is -2.44. The number of carbonyl (C=O) groups excluding carboxylic acids is 2. The number of aliphatic carboxylic acids is 1. The Bertz CT molecular complexity index is 4450. The van der Waals surface area contributed by atoms with Crippen LogP contribution in [-0.4, -0.2) is 34.3 Å². The third-order valence-corrected chi connectivity index (χ3v) is 19.3. The van der Waals surface area contributed by atoms with Crippen molar-refractivity contribution in [1.29, 1.82) is 0 Å². The van der Waals surface area contributed by atoms with E-state index in [0.717, 1.165) is 98.3 Å². The Kier molecular flexibility index (Phi) is 12.0. The van der Waals surface area contributed by atoms with E-state index >= 15 is 0 Å². The molecule has 1 aliphatic rings. The van der Waals surface area contributed by atoms with Crippen molar-refractivity contribution in [3.8, 4) is 51.5 Å². The Morgan fingerprint density at radius 3 is 1.23 bits per heavy atom. The van der Waals surface area contributed by atoms with E-state index in [2.05, 4.69) is 216 Å². The van der Waals surface area contributed by atoms with Crippen LogP contribution in [0.25, 0.3) is 94.6 Å². The molecule has 1 aliphatic heterocycles. The lowest BCUT2D eigenvalue weighted by Crippen LogP contribution is -2.43. The summed E-state index contributed by atoms with van der Waals surface area (Å²) in [5, 5.41) is 17.1. The number of fused-ring (bicyclic) bond motifs is 2. The molecule has 3 aromatic heterocycles. The maximum absolute atomic E-state index is 13.8. The first-order chi connectivity index (χ1) is 40.3. The van der Waals surface area contributed by atoms with E-state index < -0.39 is 24.3 Å². The molecular formula is C72H45N3O4S3. The van der Waals surface area contributed by atoms with E-state index in [4.69, 9.17) is 0 Å². The molecule has 15 rings (SSSR count). The second kappa shape index (κ2) is 20.0. The fourth-order valence-corrected chi connectivity index (χ4v) is 15.4. The van der Waals surface area contributed by atoms with E-state index in [1.807, 2.05) is 47.7 Å². The molecule has 7 nitrogen and oxygen atoms in total. The molecule has 0 unspecified atom stereocenters.